The van der Waals surface area contributed by atoms with E-state index in [0.29, 0.717) is 18.2 Å². The minimum Gasteiger partial charge on any atom is -0.379 e. The van der Waals surface area contributed by atoms with Gasteiger partial charge in [-0.25, -0.2) is 4.99 Å². The van der Waals surface area contributed by atoms with Crippen LogP contribution in [-0.4, -0.2) is 80.2 Å². The Labute approximate surface area is 180 Å². The summed E-state index contributed by atoms with van der Waals surface area (Å²) in [5.41, 5.74) is 1.82. The molecule has 166 valence electrons. The number of benzene rings is 1. The maximum absolute atomic E-state index is 12.2. The molecule has 0 saturated carbocycles. The summed E-state index contributed by atoms with van der Waals surface area (Å²) in [6.07, 6.45) is 3.26. The van der Waals surface area contributed by atoms with Crippen LogP contribution in [0.15, 0.2) is 29.3 Å². The van der Waals surface area contributed by atoms with Crippen LogP contribution in [0.4, 0.5) is 0 Å². The molecule has 2 heterocycles. The molecule has 1 aromatic rings. The number of unbranched alkanes of at least 4 members (excludes halogenated alkanes) is 1. The second kappa shape index (κ2) is 11.9. The number of hydrogen-bond donors (Lipinski definition) is 2. The van der Waals surface area contributed by atoms with Gasteiger partial charge in [-0.2, -0.15) is 0 Å². The monoisotopic (exact) mass is 415 g/mol. The molecule has 2 aliphatic heterocycles. The topological polar surface area (TPSA) is 69.2 Å². The fourth-order valence-corrected chi connectivity index (χ4v) is 4.01. The summed E-state index contributed by atoms with van der Waals surface area (Å²) in [6, 6.07) is 8.38. The summed E-state index contributed by atoms with van der Waals surface area (Å²) in [5, 5.41) is 6.40. The molecule has 0 radical (unpaired) electrons. The fraction of sp³-hybridized carbons (Fsp3) is 0.652. The highest BCUT2D eigenvalue weighted by Gasteiger charge is 2.30. The highest BCUT2D eigenvalue weighted by Crippen LogP contribution is 2.17. The van der Waals surface area contributed by atoms with Gasteiger partial charge in [0.1, 0.15) is 0 Å². The van der Waals surface area contributed by atoms with Crippen molar-refractivity contribution in [1.82, 2.24) is 20.4 Å². The normalized spacial score (nSPS) is 20.4. The lowest BCUT2D eigenvalue weighted by Gasteiger charge is -2.32. The largest absolute Gasteiger partial charge is 0.379 e. The Bertz CT molecular complexity index is 685. The highest BCUT2D eigenvalue weighted by molar-refractivity contribution is 5.94. The van der Waals surface area contributed by atoms with Crippen LogP contribution in [0, 0.1) is 0 Å². The molecular formula is C23H37N5O2. The summed E-state index contributed by atoms with van der Waals surface area (Å²) < 4.78 is 5.49. The van der Waals surface area contributed by atoms with E-state index >= 15 is 0 Å². The van der Waals surface area contributed by atoms with Crippen molar-refractivity contribution >= 4 is 11.9 Å². The van der Waals surface area contributed by atoms with Gasteiger partial charge in [-0.1, -0.05) is 25.5 Å². The number of rotatable bonds is 8. The number of morpholine rings is 1. The number of aliphatic imine (C=N–C) groups is 1. The molecule has 30 heavy (non-hydrogen) atoms. The molecule has 7 nitrogen and oxygen atoms in total. The van der Waals surface area contributed by atoms with Crippen molar-refractivity contribution in [3.8, 4) is 0 Å². The SMILES string of the molecule is CCCCNC(=O)c1ccc(CN=C(NCC)N2CCC(N3CCOCC3)C2)cc1. The number of ether oxygens (including phenoxy) is 1. The van der Waals surface area contributed by atoms with Gasteiger partial charge in [0.15, 0.2) is 5.96 Å². The second-order valence-corrected chi connectivity index (χ2v) is 8.01. The number of carbonyl (C=O) groups excluding carboxylic acids is 1. The number of nitrogens with one attached hydrogen (secondary N) is 2. The number of amides is 1. The van der Waals surface area contributed by atoms with E-state index in [4.69, 9.17) is 9.73 Å². The Balaban J connectivity index is 1.55. The first kappa shape index (κ1) is 22.6. The molecular weight excluding hydrogens is 378 g/mol. The third-order valence-corrected chi connectivity index (χ3v) is 5.80. The van der Waals surface area contributed by atoms with Crippen LogP contribution < -0.4 is 10.6 Å². The smallest absolute Gasteiger partial charge is 0.251 e. The van der Waals surface area contributed by atoms with E-state index in [0.717, 1.165) is 76.8 Å². The van der Waals surface area contributed by atoms with E-state index in [1.54, 1.807) is 0 Å². The number of hydrogen-bond acceptors (Lipinski definition) is 4. The zero-order chi connectivity index (χ0) is 21.2. The third kappa shape index (κ3) is 6.44. The zero-order valence-electron chi connectivity index (χ0n) is 18.5. The van der Waals surface area contributed by atoms with E-state index < -0.39 is 0 Å². The van der Waals surface area contributed by atoms with Gasteiger partial charge in [-0.05, 0) is 37.5 Å². The molecule has 3 rings (SSSR count). The van der Waals surface area contributed by atoms with E-state index in [-0.39, 0.29) is 5.91 Å². The molecule has 7 heteroatoms. The van der Waals surface area contributed by atoms with Gasteiger partial charge in [0.25, 0.3) is 5.91 Å². The second-order valence-electron chi connectivity index (χ2n) is 8.01. The molecule has 0 spiro atoms. The van der Waals surface area contributed by atoms with Crippen molar-refractivity contribution in [3.05, 3.63) is 35.4 Å². The van der Waals surface area contributed by atoms with E-state index in [1.807, 2.05) is 24.3 Å². The van der Waals surface area contributed by atoms with Gasteiger partial charge in [-0.15, -0.1) is 0 Å². The Hall–Kier alpha value is -2.12. The summed E-state index contributed by atoms with van der Waals surface area (Å²) in [6.45, 7) is 12.2. The van der Waals surface area contributed by atoms with Crippen LogP contribution in [0.5, 0.6) is 0 Å². The average molecular weight is 416 g/mol. The van der Waals surface area contributed by atoms with Crippen LogP contribution in [0.25, 0.3) is 0 Å². The van der Waals surface area contributed by atoms with Crippen molar-refractivity contribution in [2.45, 2.75) is 45.7 Å². The Morgan fingerprint density at radius 2 is 1.90 bits per heavy atom. The lowest BCUT2D eigenvalue weighted by Crippen LogP contribution is -2.46. The standard InChI is InChI=1S/C23H37N5O2/c1-3-5-11-25-22(29)20-8-6-19(7-9-20)17-26-23(24-4-2)28-12-10-21(18-28)27-13-15-30-16-14-27/h6-9,21H,3-5,10-18H2,1-2H3,(H,24,26)(H,25,29). The first-order valence-corrected chi connectivity index (χ1v) is 11.4. The van der Waals surface area contributed by atoms with Crippen molar-refractivity contribution in [3.63, 3.8) is 0 Å². The maximum atomic E-state index is 12.2. The lowest BCUT2D eigenvalue weighted by molar-refractivity contribution is 0.0195. The molecule has 1 unspecified atom stereocenters. The van der Waals surface area contributed by atoms with Gasteiger partial charge >= 0.3 is 0 Å². The number of guanidine groups is 1. The van der Waals surface area contributed by atoms with Crippen molar-refractivity contribution in [2.24, 2.45) is 4.99 Å². The molecule has 0 aliphatic carbocycles. The highest BCUT2D eigenvalue weighted by atomic mass is 16.5. The van der Waals surface area contributed by atoms with Crippen molar-refractivity contribution < 1.29 is 9.53 Å². The van der Waals surface area contributed by atoms with E-state index in [9.17, 15) is 4.79 Å². The molecule has 2 fully saturated rings. The van der Waals surface area contributed by atoms with Crippen molar-refractivity contribution in [2.75, 3.05) is 52.5 Å². The lowest BCUT2D eigenvalue weighted by atomic mass is 10.1. The van der Waals surface area contributed by atoms with Gasteiger partial charge in [0.05, 0.1) is 19.8 Å². The molecule has 1 amide bonds. The van der Waals surface area contributed by atoms with E-state index in [2.05, 4.69) is 34.3 Å². The molecule has 1 atom stereocenters. The molecule has 1 aromatic carbocycles. The molecule has 0 bridgehead atoms. The van der Waals surface area contributed by atoms with Gasteiger partial charge in [0, 0.05) is 50.9 Å². The molecule has 2 saturated heterocycles. The Kier molecular flexibility index (Phi) is 8.96. The van der Waals surface area contributed by atoms with Gasteiger partial charge in [-0.3, -0.25) is 9.69 Å². The predicted octanol–water partition coefficient (Wildman–Crippen LogP) is 2.09. The van der Waals surface area contributed by atoms with Gasteiger partial charge < -0.3 is 20.3 Å². The first-order valence-electron chi connectivity index (χ1n) is 11.4. The molecule has 2 aliphatic rings. The van der Waals surface area contributed by atoms with E-state index in [1.165, 1.54) is 6.42 Å². The zero-order valence-corrected chi connectivity index (χ0v) is 18.5. The number of nitrogens with zero attached hydrogens (tertiary/aromatic N) is 3. The number of carbonyl (C=O) groups is 1. The van der Waals surface area contributed by atoms with Crippen LogP contribution in [0.2, 0.25) is 0 Å². The summed E-state index contributed by atoms with van der Waals surface area (Å²) in [5.74, 6) is 0.979. The van der Waals surface area contributed by atoms with Crippen LogP contribution in [0.1, 0.15) is 49.0 Å². The Morgan fingerprint density at radius 1 is 1.13 bits per heavy atom. The first-order chi connectivity index (χ1) is 14.7. The Morgan fingerprint density at radius 3 is 2.60 bits per heavy atom. The maximum Gasteiger partial charge on any atom is 0.251 e. The van der Waals surface area contributed by atoms with Gasteiger partial charge in [0.2, 0.25) is 0 Å². The summed E-state index contributed by atoms with van der Waals surface area (Å²) in [4.78, 5) is 21.9. The average Bonchev–Trinajstić information content (AvgIpc) is 3.28. The number of likely N-dealkylation sites (tertiary alicyclic amines) is 1. The van der Waals surface area contributed by atoms with Crippen LogP contribution in [-0.2, 0) is 11.3 Å². The minimum absolute atomic E-state index is 0.00180. The fourth-order valence-electron chi connectivity index (χ4n) is 4.01. The quantitative estimate of drug-likeness (QED) is 0.387. The summed E-state index contributed by atoms with van der Waals surface area (Å²) >= 11 is 0. The van der Waals surface area contributed by atoms with Crippen molar-refractivity contribution in [1.29, 1.82) is 0 Å². The molecule has 0 aromatic heterocycles. The summed E-state index contributed by atoms with van der Waals surface area (Å²) in [7, 11) is 0. The third-order valence-electron chi connectivity index (χ3n) is 5.80. The molecule has 2 N–H and O–H groups in total. The van der Waals surface area contributed by atoms with Crippen LogP contribution in [0.3, 0.4) is 0 Å². The minimum atomic E-state index is -0.00180. The predicted molar refractivity (Wildman–Crippen MR) is 121 cm³/mol. The van der Waals surface area contributed by atoms with Crippen LogP contribution >= 0.6 is 0 Å².